The molecule has 2 aromatic carbocycles. The molecule has 0 saturated carbocycles. The Balaban J connectivity index is 1.61. The molecule has 0 saturated heterocycles. The van der Waals surface area contributed by atoms with Gasteiger partial charge in [-0.1, -0.05) is 30.3 Å². The zero-order chi connectivity index (χ0) is 18.8. The Bertz CT molecular complexity index is 1150. The standard InChI is InChI=1S/C21H20N2O3S/c1-27(25,26)14-8-6-13-7-9-17(21(24)18(13)10-14)20-16-5-3-2-4-15(16)19-11-22-12-23(19)20/h2-6,8,10-12,17,20-21,24H,7,9H2,1H3/t17-,20+,21-/m0/s1. The van der Waals surface area contributed by atoms with Crippen molar-refractivity contribution in [1.29, 1.82) is 0 Å². The van der Waals surface area contributed by atoms with Gasteiger partial charge in [-0.15, -0.1) is 0 Å². The maximum Gasteiger partial charge on any atom is 0.175 e. The molecule has 138 valence electrons. The third kappa shape index (κ3) is 2.47. The highest BCUT2D eigenvalue weighted by Gasteiger charge is 2.40. The number of aliphatic hydroxyl groups excluding tert-OH is 1. The van der Waals surface area contributed by atoms with E-state index in [0.29, 0.717) is 0 Å². The number of hydrogen-bond donors (Lipinski definition) is 1. The maximum absolute atomic E-state index is 12.0. The van der Waals surface area contributed by atoms with Gasteiger partial charge in [-0.05, 0) is 41.7 Å². The zero-order valence-corrected chi connectivity index (χ0v) is 15.7. The number of aliphatic hydroxyl groups is 1. The van der Waals surface area contributed by atoms with Crippen LogP contribution in [0.1, 0.15) is 35.3 Å². The van der Waals surface area contributed by atoms with Crippen LogP contribution in [-0.4, -0.2) is 29.3 Å². The van der Waals surface area contributed by atoms with Gasteiger partial charge in [-0.25, -0.2) is 13.4 Å². The van der Waals surface area contributed by atoms with Gasteiger partial charge < -0.3 is 9.67 Å². The zero-order valence-electron chi connectivity index (χ0n) is 14.9. The lowest BCUT2D eigenvalue weighted by atomic mass is 9.76. The fourth-order valence-corrected chi connectivity index (χ4v) is 5.31. The predicted molar refractivity (Wildman–Crippen MR) is 102 cm³/mol. The van der Waals surface area contributed by atoms with Crippen LogP contribution in [0.2, 0.25) is 0 Å². The van der Waals surface area contributed by atoms with Gasteiger partial charge >= 0.3 is 0 Å². The van der Waals surface area contributed by atoms with Gasteiger partial charge in [0.1, 0.15) is 0 Å². The molecule has 3 atom stereocenters. The Morgan fingerprint density at radius 1 is 1.15 bits per heavy atom. The predicted octanol–water partition coefficient (Wildman–Crippen LogP) is 3.15. The molecule has 0 bridgehead atoms. The molecule has 5 rings (SSSR count). The van der Waals surface area contributed by atoms with Crippen LogP contribution in [0, 0.1) is 5.92 Å². The van der Waals surface area contributed by atoms with Crippen LogP contribution < -0.4 is 0 Å². The SMILES string of the molecule is CS(=O)(=O)c1ccc2c(c1)[C@@H](O)[C@H]([C@H]1c3ccccc3-c3cncn31)CC2. The summed E-state index contributed by atoms with van der Waals surface area (Å²) in [5.74, 6) is -0.0380. The van der Waals surface area contributed by atoms with E-state index in [-0.39, 0.29) is 16.9 Å². The first-order valence-electron chi connectivity index (χ1n) is 9.07. The van der Waals surface area contributed by atoms with Crippen molar-refractivity contribution < 1.29 is 13.5 Å². The molecule has 27 heavy (non-hydrogen) atoms. The lowest BCUT2D eigenvalue weighted by Crippen LogP contribution is -2.28. The number of nitrogens with zero attached hydrogens (tertiary/aromatic N) is 2. The molecule has 3 aromatic rings. The summed E-state index contributed by atoms with van der Waals surface area (Å²) in [5.41, 5.74) is 5.19. The van der Waals surface area contributed by atoms with Gasteiger partial charge in [-0.3, -0.25) is 0 Å². The normalized spacial score (nSPS) is 23.6. The third-order valence-corrected chi connectivity index (χ3v) is 7.05. The summed E-state index contributed by atoms with van der Waals surface area (Å²) in [6, 6.07) is 13.4. The van der Waals surface area contributed by atoms with Gasteiger partial charge in [0.15, 0.2) is 9.84 Å². The highest BCUT2D eigenvalue weighted by atomic mass is 32.2. The number of fused-ring (bicyclic) bond motifs is 4. The summed E-state index contributed by atoms with van der Waals surface area (Å²) in [6.45, 7) is 0. The van der Waals surface area contributed by atoms with Crippen molar-refractivity contribution in [2.75, 3.05) is 6.26 Å². The highest BCUT2D eigenvalue weighted by Crippen LogP contribution is 2.49. The van der Waals surface area contributed by atoms with Gasteiger partial charge in [0.05, 0.1) is 35.3 Å². The molecule has 6 heteroatoms. The molecule has 0 spiro atoms. The van der Waals surface area contributed by atoms with Crippen molar-refractivity contribution in [1.82, 2.24) is 9.55 Å². The number of rotatable bonds is 2. The molecule has 0 radical (unpaired) electrons. The van der Waals surface area contributed by atoms with Crippen molar-refractivity contribution in [3.05, 3.63) is 71.7 Å². The quantitative estimate of drug-likeness (QED) is 0.741. The maximum atomic E-state index is 12.0. The number of aromatic nitrogens is 2. The summed E-state index contributed by atoms with van der Waals surface area (Å²) in [7, 11) is -3.31. The molecule has 2 heterocycles. The molecule has 5 nitrogen and oxygen atoms in total. The molecule has 0 amide bonds. The summed E-state index contributed by atoms with van der Waals surface area (Å²) in [5, 5.41) is 11.2. The van der Waals surface area contributed by atoms with Gasteiger partial charge in [-0.2, -0.15) is 0 Å². The molecule has 0 unspecified atom stereocenters. The largest absolute Gasteiger partial charge is 0.388 e. The Labute approximate surface area is 158 Å². The lowest BCUT2D eigenvalue weighted by Gasteiger charge is -2.35. The van der Waals surface area contributed by atoms with E-state index in [9.17, 15) is 13.5 Å². The van der Waals surface area contributed by atoms with E-state index >= 15 is 0 Å². The Morgan fingerprint density at radius 3 is 2.78 bits per heavy atom. The molecule has 1 aliphatic heterocycles. The topological polar surface area (TPSA) is 72.2 Å². The molecule has 1 aliphatic carbocycles. The van der Waals surface area contributed by atoms with E-state index in [4.69, 9.17) is 0 Å². The van der Waals surface area contributed by atoms with E-state index in [0.717, 1.165) is 35.2 Å². The number of benzene rings is 2. The minimum absolute atomic E-state index is 0.00346. The van der Waals surface area contributed by atoms with Crippen molar-refractivity contribution in [2.24, 2.45) is 5.92 Å². The summed E-state index contributed by atoms with van der Waals surface area (Å²) < 4.78 is 26.1. The third-order valence-electron chi connectivity index (χ3n) is 5.94. The minimum atomic E-state index is -3.31. The second kappa shape index (κ2) is 5.78. The Kier molecular flexibility index (Phi) is 3.58. The van der Waals surface area contributed by atoms with Crippen LogP contribution in [0.4, 0.5) is 0 Å². The summed E-state index contributed by atoms with van der Waals surface area (Å²) in [6.07, 6.45) is 5.83. The van der Waals surface area contributed by atoms with Crippen LogP contribution in [-0.2, 0) is 16.3 Å². The number of hydrogen-bond acceptors (Lipinski definition) is 4. The van der Waals surface area contributed by atoms with Gasteiger partial charge in [0, 0.05) is 17.7 Å². The van der Waals surface area contributed by atoms with E-state index < -0.39 is 15.9 Å². The van der Waals surface area contributed by atoms with E-state index in [1.165, 1.54) is 11.8 Å². The van der Waals surface area contributed by atoms with Crippen LogP contribution in [0.25, 0.3) is 11.3 Å². The first-order valence-corrected chi connectivity index (χ1v) is 11.0. The summed E-state index contributed by atoms with van der Waals surface area (Å²) >= 11 is 0. The van der Waals surface area contributed by atoms with Crippen molar-refractivity contribution >= 4 is 9.84 Å². The highest BCUT2D eigenvalue weighted by molar-refractivity contribution is 7.90. The molecule has 1 N–H and O–H groups in total. The number of sulfone groups is 1. The molecule has 0 fully saturated rings. The van der Waals surface area contributed by atoms with Gasteiger partial charge in [0.2, 0.25) is 0 Å². The van der Waals surface area contributed by atoms with Crippen LogP contribution in [0.3, 0.4) is 0 Å². The average molecular weight is 380 g/mol. The minimum Gasteiger partial charge on any atom is -0.388 e. The Morgan fingerprint density at radius 2 is 1.96 bits per heavy atom. The smallest absolute Gasteiger partial charge is 0.175 e. The lowest BCUT2D eigenvalue weighted by molar-refractivity contribution is 0.0718. The fourth-order valence-electron chi connectivity index (χ4n) is 4.66. The van der Waals surface area contributed by atoms with Crippen molar-refractivity contribution in [3.63, 3.8) is 0 Å². The number of imidazole rings is 1. The van der Waals surface area contributed by atoms with E-state index in [1.54, 1.807) is 12.1 Å². The van der Waals surface area contributed by atoms with Crippen molar-refractivity contribution in [3.8, 4) is 11.3 Å². The van der Waals surface area contributed by atoms with Crippen LogP contribution in [0.15, 0.2) is 59.9 Å². The second-order valence-electron chi connectivity index (χ2n) is 7.50. The molecular weight excluding hydrogens is 360 g/mol. The monoisotopic (exact) mass is 380 g/mol. The van der Waals surface area contributed by atoms with E-state index in [1.807, 2.05) is 30.7 Å². The van der Waals surface area contributed by atoms with E-state index in [2.05, 4.69) is 21.7 Å². The fraction of sp³-hybridized carbons (Fsp3) is 0.286. The summed E-state index contributed by atoms with van der Waals surface area (Å²) in [4.78, 5) is 4.57. The Hall–Kier alpha value is -2.44. The molecule has 2 aliphatic rings. The van der Waals surface area contributed by atoms with Crippen LogP contribution >= 0.6 is 0 Å². The first kappa shape index (κ1) is 16.7. The van der Waals surface area contributed by atoms with Gasteiger partial charge in [0.25, 0.3) is 0 Å². The second-order valence-corrected chi connectivity index (χ2v) is 9.51. The molecule has 1 aromatic heterocycles. The average Bonchev–Trinajstić information content (AvgIpc) is 3.23. The van der Waals surface area contributed by atoms with Crippen molar-refractivity contribution in [2.45, 2.75) is 29.9 Å². The number of aryl methyl sites for hydroxylation is 1. The molecular formula is C21H20N2O3S. The first-order chi connectivity index (χ1) is 12.9. The van der Waals surface area contributed by atoms with Crippen LogP contribution in [0.5, 0.6) is 0 Å².